The molecule has 0 radical (unpaired) electrons. The van der Waals surface area contributed by atoms with Gasteiger partial charge >= 0.3 is 10.1 Å². The van der Waals surface area contributed by atoms with Crippen LogP contribution in [0.25, 0.3) is 0 Å². The predicted molar refractivity (Wildman–Crippen MR) is 67.1 cm³/mol. The lowest BCUT2D eigenvalue weighted by atomic mass is 10.2. The van der Waals surface area contributed by atoms with Gasteiger partial charge in [0.05, 0.1) is 4.92 Å². The monoisotopic (exact) mass is 282 g/mol. The summed E-state index contributed by atoms with van der Waals surface area (Å²) in [6.07, 6.45) is 1.54. The van der Waals surface area contributed by atoms with Crippen molar-refractivity contribution in [2.75, 3.05) is 0 Å². The van der Waals surface area contributed by atoms with E-state index in [2.05, 4.69) is 4.98 Å². The molecule has 1 aromatic heterocycles. The number of H-pyrrole nitrogens is 1. The molecule has 0 spiro atoms. The van der Waals surface area contributed by atoms with Crippen molar-refractivity contribution >= 4 is 15.8 Å². The van der Waals surface area contributed by atoms with Crippen LogP contribution in [0.1, 0.15) is 5.56 Å². The molecule has 0 saturated carbocycles. The van der Waals surface area contributed by atoms with E-state index in [0.717, 1.165) is 0 Å². The first-order chi connectivity index (χ1) is 8.96. The number of nitrogens with one attached hydrogen (secondary N) is 1. The quantitative estimate of drug-likeness (QED) is 0.512. The van der Waals surface area contributed by atoms with Crippen LogP contribution >= 0.6 is 0 Å². The molecule has 0 aliphatic carbocycles. The Labute approximate surface area is 109 Å². The number of rotatable bonds is 5. The molecule has 0 unspecified atom stereocenters. The standard InChI is InChI=1S/C11H10N2O5S/c14-13(15)10-5-3-9(4-6-10)8-19(16,17)18-11-2-1-7-12-11/h1-7,12H,8H2. The van der Waals surface area contributed by atoms with Gasteiger partial charge in [-0.05, 0) is 11.6 Å². The first-order valence-electron chi connectivity index (χ1n) is 5.25. The van der Waals surface area contributed by atoms with Crippen molar-refractivity contribution in [2.24, 2.45) is 0 Å². The second-order valence-corrected chi connectivity index (χ2v) is 5.31. The lowest BCUT2D eigenvalue weighted by molar-refractivity contribution is -0.384. The van der Waals surface area contributed by atoms with Gasteiger partial charge in [-0.15, -0.1) is 0 Å². The van der Waals surface area contributed by atoms with Gasteiger partial charge in [0.2, 0.25) is 5.88 Å². The summed E-state index contributed by atoms with van der Waals surface area (Å²) in [7, 11) is -3.79. The molecule has 2 rings (SSSR count). The summed E-state index contributed by atoms with van der Waals surface area (Å²) < 4.78 is 28.2. The van der Waals surface area contributed by atoms with E-state index in [1.54, 1.807) is 6.07 Å². The van der Waals surface area contributed by atoms with Crippen LogP contribution in [0.2, 0.25) is 0 Å². The highest BCUT2D eigenvalue weighted by Crippen LogP contribution is 2.16. The normalized spacial score (nSPS) is 11.2. The third-order valence-electron chi connectivity index (χ3n) is 2.28. The number of aromatic nitrogens is 1. The minimum absolute atomic E-state index is 0.0913. The minimum Gasteiger partial charge on any atom is -0.363 e. The van der Waals surface area contributed by atoms with Gasteiger partial charge in [-0.25, -0.2) is 0 Å². The lowest BCUT2D eigenvalue weighted by Gasteiger charge is -2.04. The third-order valence-corrected chi connectivity index (χ3v) is 3.40. The zero-order chi connectivity index (χ0) is 13.9. The van der Waals surface area contributed by atoms with Crippen LogP contribution < -0.4 is 4.18 Å². The number of hydrogen-bond acceptors (Lipinski definition) is 5. The molecule has 7 nitrogen and oxygen atoms in total. The second-order valence-electron chi connectivity index (χ2n) is 3.74. The SMILES string of the molecule is O=[N+]([O-])c1ccc(CS(=O)(=O)Oc2ccc[nH]2)cc1. The first-order valence-corrected chi connectivity index (χ1v) is 6.83. The molecule has 0 bridgehead atoms. The Bertz CT molecular complexity index is 662. The molecule has 0 atom stereocenters. The minimum atomic E-state index is -3.79. The molecule has 0 fully saturated rings. The smallest absolute Gasteiger partial charge is 0.314 e. The van der Waals surface area contributed by atoms with Gasteiger partial charge in [-0.1, -0.05) is 12.1 Å². The van der Waals surface area contributed by atoms with E-state index in [9.17, 15) is 18.5 Å². The molecule has 1 N–H and O–H groups in total. The van der Waals surface area contributed by atoms with Crippen LogP contribution in [-0.2, 0) is 15.9 Å². The van der Waals surface area contributed by atoms with E-state index < -0.39 is 15.0 Å². The summed E-state index contributed by atoms with van der Waals surface area (Å²) >= 11 is 0. The summed E-state index contributed by atoms with van der Waals surface area (Å²) in [5, 5.41) is 10.5. The van der Waals surface area contributed by atoms with Crippen LogP contribution in [0.15, 0.2) is 42.6 Å². The molecule has 0 aliphatic heterocycles. The Morgan fingerprint density at radius 1 is 1.21 bits per heavy atom. The molecule has 0 amide bonds. The Morgan fingerprint density at radius 3 is 2.42 bits per heavy atom. The first kappa shape index (κ1) is 13.1. The Balaban J connectivity index is 2.09. The fourth-order valence-corrected chi connectivity index (χ4v) is 2.49. The van der Waals surface area contributed by atoms with Gasteiger partial charge in [0.1, 0.15) is 5.75 Å². The molecular weight excluding hydrogens is 272 g/mol. The molecule has 1 aromatic carbocycles. The van der Waals surface area contributed by atoms with E-state index in [0.29, 0.717) is 5.56 Å². The van der Waals surface area contributed by atoms with Crippen molar-refractivity contribution in [3.05, 3.63) is 58.3 Å². The number of hydrogen-bond donors (Lipinski definition) is 1. The topological polar surface area (TPSA) is 102 Å². The highest BCUT2D eigenvalue weighted by atomic mass is 32.2. The zero-order valence-corrected chi connectivity index (χ0v) is 10.5. The number of non-ortho nitro benzene ring substituents is 1. The van der Waals surface area contributed by atoms with Crippen molar-refractivity contribution in [2.45, 2.75) is 5.75 Å². The average Bonchev–Trinajstić information content (AvgIpc) is 2.81. The third kappa shape index (κ3) is 3.55. The molecule has 0 saturated heterocycles. The average molecular weight is 282 g/mol. The largest absolute Gasteiger partial charge is 0.363 e. The molecule has 2 aromatic rings. The number of benzene rings is 1. The summed E-state index contributed by atoms with van der Waals surface area (Å²) in [6.45, 7) is 0. The van der Waals surface area contributed by atoms with E-state index >= 15 is 0 Å². The van der Waals surface area contributed by atoms with Crippen LogP contribution in [-0.4, -0.2) is 18.3 Å². The van der Waals surface area contributed by atoms with Gasteiger partial charge in [-0.3, -0.25) is 10.1 Å². The Hall–Kier alpha value is -2.35. The fraction of sp³-hybridized carbons (Fsp3) is 0.0909. The van der Waals surface area contributed by atoms with E-state index in [4.69, 9.17) is 4.18 Å². The number of aromatic amines is 1. The zero-order valence-electron chi connectivity index (χ0n) is 9.65. The predicted octanol–water partition coefficient (Wildman–Crippen LogP) is 1.83. The molecule has 0 aliphatic rings. The van der Waals surface area contributed by atoms with Crippen molar-refractivity contribution in [1.29, 1.82) is 0 Å². The van der Waals surface area contributed by atoms with E-state index in [1.165, 1.54) is 36.5 Å². The maximum atomic E-state index is 11.7. The second kappa shape index (κ2) is 5.11. The van der Waals surface area contributed by atoms with Crippen molar-refractivity contribution < 1.29 is 17.5 Å². The van der Waals surface area contributed by atoms with Crippen LogP contribution in [0.3, 0.4) is 0 Å². The number of nitro groups is 1. The number of nitro benzene ring substituents is 1. The van der Waals surface area contributed by atoms with Gasteiger partial charge in [-0.2, -0.15) is 8.42 Å². The van der Waals surface area contributed by atoms with Gasteiger partial charge in [0.25, 0.3) is 5.69 Å². The van der Waals surface area contributed by atoms with Gasteiger partial charge in [0, 0.05) is 24.4 Å². The van der Waals surface area contributed by atoms with E-state index in [1.807, 2.05) is 0 Å². The highest BCUT2D eigenvalue weighted by molar-refractivity contribution is 7.86. The Kier molecular flexibility index (Phi) is 3.52. The molecule has 100 valence electrons. The van der Waals surface area contributed by atoms with Crippen molar-refractivity contribution in [3.8, 4) is 5.88 Å². The maximum absolute atomic E-state index is 11.7. The summed E-state index contributed by atoms with van der Waals surface area (Å²) in [4.78, 5) is 12.5. The van der Waals surface area contributed by atoms with Crippen LogP contribution in [0.4, 0.5) is 5.69 Å². The van der Waals surface area contributed by atoms with Gasteiger partial charge in [0.15, 0.2) is 0 Å². The van der Waals surface area contributed by atoms with Crippen molar-refractivity contribution in [3.63, 3.8) is 0 Å². The van der Waals surface area contributed by atoms with Crippen molar-refractivity contribution in [1.82, 2.24) is 4.98 Å². The van der Waals surface area contributed by atoms with Crippen LogP contribution in [0, 0.1) is 10.1 Å². The molecular formula is C11H10N2O5S. The fourth-order valence-electron chi connectivity index (χ4n) is 1.45. The highest BCUT2D eigenvalue weighted by Gasteiger charge is 2.15. The lowest BCUT2D eigenvalue weighted by Crippen LogP contribution is -2.12. The summed E-state index contributed by atoms with van der Waals surface area (Å²) in [5.74, 6) is -0.230. The van der Waals surface area contributed by atoms with Crippen LogP contribution in [0.5, 0.6) is 5.88 Å². The molecule has 19 heavy (non-hydrogen) atoms. The summed E-state index contributed by atoms with van der Waals surface area (Å²) in [6, 6.07) is 8.35. The number of nitrogens with zero attached hydrogens (tertiary/aromatic N) is 1. The molecule has 8 heteroatoms. The summed E-state index contributed by atoms with van der Waals surface area (Å²) in [5.41, 5.74) is 0.323. The molecule has 1 heterocycles. The Morgan fingerprint density at radius 2 is 1.89 bits per heavy atom. The maximum Gasteiger partial charge on any atom is 0.314 e. The van der Waals surface area contributed by atoms with Gasteiger partial charge < -0.3 is 9.17 Å². The van der Waals surface area contributed by atoms with E-state index in [-0.39, 0.29) is 17.3 Å².